The van der Waals surface area contributed by atoms with Gasteiger partial charge in [0.05, 0.1) is 6.10 Å². The maximum atomic E-state index is 12.6. The summed E-state index contributed by atoms with van der Waals surface area (Å²) in [5.41, 5.74) is 0.861. The average molecular weight is 274 g/mol. The van der Waals surface area contributed by atoms with Crippen molar-refractivity contribution in [2.45, 2.75) is 44.5 Å². The first-order chi connectivity index (χ1) is 9.66. The van der Waals surface area contributed by atoms with Crippen LogP contribution in [0.25, 0.3) is 0 Å². The Morgan fingerprint density at radius 3 is 2.70 bits per heavy atom. The molecule has 2 fully saturated rings. The smallest absolute Gasteiger partial charge is 0.244 e. The van der Waals surface area contributed by atoms with Crippen LogP contribution in [0.4, 0.5) is 0 Å². The third-order valence-electron chi connectivity index (χ3n) is 4.17. The highest BCUT2D eigenvalue weighted by Crippen LogP contribution is 2.45. The van der Waals surface area contributed by atoms with E-state index < -0.39 is 0 Å². The molecule has 1 aliphatic heterocycles. The summed E-state index contributed by atoms with van der Waals surface area (Å²) < 4.78 is 5.60. The topological polar surface area (TPSA) is 41.6 Å². The second-order valence-electron chi connectivity index (χ2n) is 5.76. The van der Waals surface area contributed by atoms with E-state index in [1.54, 1.807) is 0 Å². The van der Waals surface area contributed by atoms with Crippen molar-refractivity contribution >= 4 is 5.91 Å². The molecule has 0 radical (unpaired) electrons. The van der Waals surface area contributed by atoms with Gasteiger partial charge in [-0.2, -0.15) is 0 Å². The molecule has 2 atom stereocenters. The van der Waals surface area contributed by atoms with E-state index in [1.165, 1.54) is 0 Å². The molecule has 2 aliphatic rings. The highest BCUT2D eigenvalue weighted by molar-refractivity contribution is 5.92. The molecule has 1 saturated carbocycles. The van der Waals surface area contributed by atoms with E-state index in [4.69, 9.17) is 4.74 Å². The van der Waals surface area contributed by atoms with Gasteiger partial charge in [0.25, 0.3) is 0 Å². The summed E-state index contributed by atoms with van der Waals surface area (Å²) in [5.74, 6) is 0.234. The van der Waals surface area contributed by atoms with E-state index in [2.05, 4.69) is 17.4 Å². The summed E-state index contributed by atoms with van der Waals surface area (Å²) in [5, 5.41) is 3.53. The van der Waals surface area contributed by atoms with Crippen molar-refractivity contribution in [2.24, 2.45) is 0 Å². The Morgan fingerprint density at radius 1 is 1.40 bits per heavy atom. The van der Waals surface area contributed by atoms with Gasteiger partial charge in [-0.25, -0.2) is 0 Å². The summed E-state index contributed by atoms with van der Waals surface area (Å²) in [7, 11) is 0. The number of carbonyl (C=O) groups is 1. The van der Waals surface area contributed by atoms with Gasteiger partial charge in [0, 0.05) is 13.2 Å². The number of hydrogen-bond donors (Lipinski definition) is 1. The van der Waals surface area contributed by atoms with Crippen molar-refractivity contribution in [2.75, 3.05) is 13.2 Å². The van der Waals surface area contributed by atoms with Crippen LogP contribution in [-0.4, -0.2) is 35.6 Å². The van der Waals surface area contributed by atoms with Crippen LogP contribution in [0.2, 0.25) is 0 Å². The SMILES string of the molecule is CCOC(C)CN1C(=O)C2(CC2)NC1c1ccccc1. The van der Waals surface area contributed by atoms with Crippen LogP contribution in [0.1, 0.15) is 38.4 Å². The molecule has 1 saturated heterocycles. The summed E-state index contributed by atoms with van der Waals surface area (Å²) in [6.07, 6.45) is 1.95. The average Bonchev–Trinajstić information content (AvgIpc) is 3.19. The van der Waals surface area contributed by atoms with Gasteiger partial charge in [0.1, 0.15) is 11.7 Å². The van der Waals surface area contributed by atoms with E-state index in [0.717, 1.165) is 18.4 Å². The van der Waals surface area contributed by atoms with Gasteiger partial charge in [0.2, 0.25) is 5.91 Å². The van der Waals surface area contributed by atoms with Crippen molar-refractivity contribution in [3.05, 3.63) is 35.9 Å². The number of benzene rings is 1. The van der Waals surface area contributed by atoms with Crippen LogP contribution in [0, 0.1) is 0 Å². The third-order valence-corrected chi connectivity index (χ3v) is 4.17. The normalized spacial score (nSPS) is 25.2. The maximum absolute atomic E-state index is 12.6. The van der Waals surface area contributed by atoms with Gasteiger partial charge in [-0.1, -0.05) is 30.3 Å². The highest BCUT2D eigenvalue weighted by Gasteiger charge is 2.59. The summed E-state index contributed by atoms with van der Waals surface area (Å²) in [6.45, 7) is 5.33. The van der Waals surface area contributed by atoms with Crippen molar-refractivity contribution in [3.63, 3.8) is 0 Å². The number of hydrogen-bond acceptors (Lipinski definition) is 3. The molecule has 1 heterocycles. The number of carbonyl (C=O) groups excluding carboxylic acids is 1. The van der Waals surface area contributed by atoms with Crippen LogP contribution in [0.3, 0.4) is 0 Å². The lowest BCUT2D eigenvalue weighted by Crippen LogP contribution is -2.37. The Kier molecular flexibility index (Phi) is 3.52. The van der Waals surface area contributed by atoms with Gasteiger partial charge in [-0.3, -0.25) is 10.1 Å². The summed E-state index contributed by atoms with van der Waals surface area (Å²) in [4.78, 5) is 14.6. The third kappa shape index (κ3) is 2.34. The van der Waals surface area contributed by atoms with E-state index in [1.807, 2.05) is 36.9 Å². The van der Waals surface area contributed by atoms with Gasteiger partial charge < -0.3 is 9.64 Å². The molecular formula is C16H22N2O2. The fourth-order valence-corrected chi connectivity index (χ4v) is 2.98. The van der Waals surface area contributed by atoms with Crippen LogP contribution in [-0.2, 0) is 9.53 Å². The maximum Gasteiger partial charge on any atom is 0.244 e. The number of rotatable bonds is 5. The summed E-state index contributed by atoms with van der Waals surface area (Å²) in [6, 6.07) is 10.2. The quantitative estimate of drug-likeness (QED) is 0.893. The molecule has 3 rings (SSSR count). The molecule has 0 aromatic heterocycles. The number of nitrogens with one attached hydrogen (secondary N) is 1. The van der Waals surface area contributed by atoms with Crippen LogP contribution >= 0.6 is 0 Å². The Labute approximate surface area is 120 Å². The fraction of sp³-hybridized carbons (Fsp3) is 0.562. The first-order valence-corrected chi connectivity index (χ1v) is 7.41. The van der Waals surface area contributed by atoms with E-state index >= 15 is 0 Å². The lowest BCUT2D eigenvalue weighted by molar-refractivity contribution is -0.132. The predicted octanol–water partition coefficient (Wildman–Crippen LogP) is 2.07. The van der Waals surface area contributed by atoms with Crippen LogP contribution < -0.4 is 5.32 Å². The second-order valence-corrected chi connectivity index (χ2v) is 5.76. The minimum atomic E-state index is -0.285. The minimum absolute atomic E-state index is 0.0193. The van der Waals surface area contributed by atoms with Crippen molar-refractivity contribution in [1.82, 2.24) is 10.2 Å². The van der Waals surface area contributed by atoms with E-state index in [0.29, 0.717) is 13.2 Å². The molecule has 1 aromatic carbocycles. The molecule has 4 heteroatoms. The van der Waals surface area contributed by atoms with Crippen LogP contribution in [0.5, 0.6) is 0 Å². The zero-order valence-corrected chi connectivity index (χ0v) is 12.1. The number of amides is 1. The lowest BCUT2D eigenvalue weighted by atomic mass is 10.1. The highest BCUT2D eigenvalue weighted by atomic mass is 16.5. The fourth-order valence-electron chi connectivity index (χ4n) is 2.98. The Morgan fingerprint density at radius 2 is 2.10 bits per heavy atom. The molecular weight excluding hydrogens is 252 g/mol. The minimum Gasteiger partial charge on any atom is -0.377 e. The zero-order chi connectivity index (χ0) is 14.2. The van der Waals surface area contributed by atoms with E-state index in [9.17, 15) is 4.79 Å². The molecule has 20 heavy (non-hydrogen) atoms. The molecule has 1 spiro atoms. The van der Waals surface area contributed by atoms with Crippen molar-refractivity contribution in [1.29, 1.82) is 0 Å². The molecule has 1 amide bonds. The van der Waals surface area contributed by atoms with Gasteiger partial charge in [-0.15, -0.1) is 0 Å². The molecule has 0 bridgehead atoms. The Balaban J connectivity index is 1.81. The standard InChI is InChI=1S/C16H22N2O2/c1-3-20-12(2)11-18-14(13-7-5-4-6-8-13)17-16(9-10-16)15(18)19/h4-8,12,14,17H,3,9-11H2,1-2H3. The van der Waals surface area contributed by atoms with Gasteiger partial charge in [0.15, 0.2) is 0 Å². The molecule has 1 aliphatic carbocycles. The molecule has 108 valence electrons. The zero-order valence-electron chi connectivity index (χ0n) is 12.1. The number of ether oxygens (including phenoxy) is 1. The van der Waals surface area contributed by atoms with Gasteiger partial charge >= 0.3 is 0 Å². The van der Waals surface area contributed by atoms with Crippen LogP contribution in [0.15, 0.2) is 30.3 Å². The molecule has 4 nitrogen and oxygen atoms in total. The largest absolute Gasteiger partial charge is 0.377 e. The van der Waals surface area contributed by atoms with E-state index in [-0.39, 0.29) is 23.7 Å². The van der Waals surface area contributed by atoms with Gasteiger partial charge in [-0.05, 0) is 32.3 Å². The molecule has 2 unspecified atom stereocenters. The molecule has 1 N–H and O–H groups in total. The van der Waals surface area contributed by atoms with Crippen molar-refractivity contribution in [3.8, 4) is 0 Å². The first-order valence-electron chi connectivity index (χ1n) is 7.41. The first kappa shape index (κ1) is 13.6. The predicted molar refractivity (Wildman–Crippen MR) is 77.1 cm³/mol. The monoisotopic (exact) mass is 274 g/mol. The number of nitrogens with zero attached hydrogens (tertiary/aromatic N) is 1. The lowest BCUT2D eigenvalue weighted by Gasteiger charge is -2.27. The Bertz CT molecular complexity index is 485. The second kappa shape index (κ2) is 5.19. The van der Waals surface area contributed by atoms with Crippen molar-refractivity contribution < 1.29 is 9.53 Å². The summed E-state index contributed by atoms with van der Waals surface area (Å²) >= 11 is 0. The molecule has 1 aromatic rings. The Hall–Kier alpha value is -1.39.